The lowest BCUT2D eigenvalue weighted by Gasteiger charge is -2.36. The van der Waals surface area contributed by atoms with Crippen molar-refractivity contribution in [2.24, 2.45) is 0 Å². The molecule has 1 atom stereocenters. The molecular formula is C15H17FINO3. The van der Waals surface area contributed by atoms with Gasteiger partial charge in [0.2, 0.25) is 0 Å². The number of likely N-dealkylation sites (tertiary alicyclic amines) is 1. The van der Waals surface area contributed by atoms with Crippen molar-refractivity contribution >= 4 is 34.5 Å². The summed E-state index contributed by atoms with van der Waals surface area (Å²) in [5.41, 5.74) is 0.485. The summed E-state index contributed by atoms with van der Waals surface area (Å²) in [5.74, 6) is -1.34. The van der Waals surface area contributed by atoms with E-state index in [0.29, 0.717) is 22.1 Å². The van der Waals surface area contributed by atoms with Crippen LogP contribution >= 0.6 is 22.6 Å². The maximum atomic E-state index is 13.1. The van der Waals surface area contributed by atoms with Crippen LogP contribution in [0, 0.1) is 9.39 Å². The number of carbonyl (C=O) groups is 2. The lowest BCUT2D eigenvalue weighted by atomic mass is 9.97. The van der Waals surface area contributed by atoms with Gasteiger partial charge in [0, 0.05) is 22.6 Å². The Morgan fingerprint density at radius 3 is 2.81 bits per heavy atom. The zero-order valence-corrected chi connectivity index (χ0v) is 13.7. The predicted octanol–water partition coefficient (Wildman–Crippen LogP) is 3.29. The predicted molar refractivity (Wildman–Crippen MR) is 84.7 cm³/mol. The number of amides is 1. The summed E-state index contributed by atoms with van der Waals surface area (Å²) < 4.78 is 13.7. The summed E-state index contributed by atoms with van der Waals surface area (Å²) in [6.07, 6.45) is 3.30. The van der Waals surface area contributed by atoms with Gasteiger partial charge in [-0.05, 0) is 66.5 Å². The molecule has 1 fully saturated rings. The Balaban J connectivity index is 2.16. The number of aliphatic carboxylic acids is 1. The van der Waals surface area contributed by atoms with Gasteiger partial charge in [0.1, 0.15) is 5.82 Å². The molecule has 1 aliphatic rings. The van der Waals surface area contributed by atoms with Gasteiger partial charge >= 0.3 is 5.97 Å². The van der Waals surface area contributed by atoms with Crippen molar-refractivity contribution in [1.29, 1.82) is 0 Å². The number of carboxylic acids is 1. The molecule has 1 aliphatic heterocycles. The molecule has 0 saturated carbocycles. The molecule has 1 N–H and O–H groups in total. The number of hydrogen-bond donors (Lipinski definition) is 1. The van der Waals surface area contributed by atoms with Gasteiger partial charge in [-0.2, -0.15) is 0 Å². The highest BCUT2D eigenvalue weighted by Gasteiger charge is 2.28. The normalized spacial score (nSPS) is 18.6. The first-order valence-electron chi connectivity index (χ1n) is 6.97. The smallest absolute Gasteiger partial charge is 0.303 e. The van der Waals surface area contributed by atoms with Crippen molar-refractivity contribution in [2.45, 2.75) is 38.1 Å². The molecule has 0 aliphatic carbocycles. The molecule has 1 aromatic carbocycles. The van der Waals surface area contributed by atoms with E-state index in [9.17, 15) is 14.0 Å². The molecule has 1 saturated heterocycles. The van der Waals surface area contributed by atoms with Crippen LogP contribution in [0.5, 0.6) is 0 Å². The number of rotatable bonds is 4. The van der Waals surface area contributed by atoms with E-state index < -0.39 is 5.97 Å². The molecule has 6 heteroatoms. The Hall–Kier alpha value is -1.18. The van der Waals surface area contributed by atoms with Crippen LogP contribution in [0.3, 0.4) is 0 Å². The highest BCUT2D eigenvalue weighted by molar-refractivity contribution is 14.1. The number of benzene rings is 1. The molecule has 0 radical (unpaired) electrons. The Morgan fingerprint density at radius 1 is 1.38 bits per heavy atom. The van der Waals surface area contributed by atoms with Gasteiger partial charge in [0.15, 0.2) is 0 Å². The molecule has 4 nitrogen and oxygen atoms in total. The van der Waals surface area contributed by atoms with Crippen LogP contribution in [0.25, 0.3) is 0 Å². The van der Waals surface area contributed by atoms with E-state index in [4.69, 9.17) is 5.11 Å². The van der Waals surface area contributed by atoms with Crippen molar-refractivity contribution in [2.75, 3.05) is 6.54 Å². The number of halogens is 2. The third kappa shape index (κ3) is 4.15. The SMILES string of the molecule is O=C(O)CCC1CCCCN1C(=O)c1ccc(F)cc1I. The molecule has 0 spiro atoms. The van der Waals surface area contributed by atoms with Gasteiger partial charge in [-0.25, -0.2) is 4.39 Å². The lowest BCUT2D eigenvalue weighted by Crippen LogP contribution is -2.44. The van der Waals surface area contributed by atoms with Crippen LogP contribution in [0.2, 0.25) is 0 Å². The van der Waals surface area contributed by atoms with E-state index in [1.165, 1.54) is 18.2 Å². The van der Waals surface area contributed by atoms with Crippen molar-refractivity contribution in [3.05, 3.63) is 33.1 Å². The van der Waals surface area contributed by atoms with Crippen LogP contribution in [0.15, 0.2) is 18.2 Å². The largest absolute Gasteiger partial charge is 0.481 e. The fourth-order valence-electron chi connectivity index (χ4n) is 2.68. The summed E-state index contributed by atoms with van der Waals surface area (Å²) >= 11 is 1.95. The molecular weight excluding hydrogens is 388 g/mol. The van der Waals surface area contributed by atoms with E-state index in [0.717, 1.165) is 19.3 Å². The van der Waals surface area contributed by atoms with E-state index in [-0.39, 0.29) is 24.2 Å². The maximum absolute atomic E-state index is 13.1. The van der Waals surface area contributed by atoms with Crippen LogP contribution in [-0.2, 0) is 4.79 Å². The van der Waals surface area contributed by atoms with E-state index in [1.54, 1.807) is 4.90 Å². The molecule has 114 valence electrons. The first-order chi connectivity index (χ1) is 9.99. The number of nitrogens with zero attached hydrogens (tertiary/aromatic N) is 1. The topological polar surface area (TPSA) is 57.6 Å². The number of piperidine rings is 1. The van der Waals surface area contributed by atoms with Crippen molar-refractivity contribution in [1.82, 2.24) is 4.90 Å². The number of hydrogen-bond acceptors (Lipinski definition) is 2. The average Bonchev–Trinajstić information content (AvgIpc) is 2.45. The second-order valence-corrected chi connectivity index (χ2v) is 6.37. The Bertz CT molecular complexity index is 550. The minimum absolute atomic E-state index is 0.0387. The minimum Gasteiger partial charge on any atom is -0.481 e. The van der Waals surface area contributed by atoms with Crippen LogP contribution < -0.4 is 0 Å². The molecule has 0 aromatic heterocycles. The van der Waals surface area contributed by atoms with Gasteiger partial charge in [-0.1, -0.05) is 0 Å². The van der Waals surface area contributed by atoms with Gasteiger partial charge < -0.3 is 10.0 Å². The van der Waals surface area contributed by atoms with Crippen LogP contribution in [0.4, 0.5) is 4.39 Å². The summed E-state index contributed by atoms with van der Waals surface area (Å²) in [6, 6.07) is 4.08. The van der Waals surface area contributed by atoms with Gasteiger partial charge in [0.05, 0.1) is 5.56 Å². The van der Waals surface area contributed by atoms with Gasteiger partial charge in [-0.3, -0.25) is 9.59 Å². The number of carboxylic acid groups (broad SMARTS) is 1. The standard InChI is InChI=1S/C15H17FINO3/c16-10-4-6-12(13(17)9-10)15(21)18-8-2-1-3-11(18)5-7-14(19)20/h4,6,9,11H,1-3,5,7-8H2,(H,19,20). The molecule has 1 heterocycles. The molecule has 0 bridgehead atoms. The molecule has 1 amide bonds. The fraction of sp³-hybridized carbons (Fsp3) is 0.467. The van der Waals surface area contributed by atoms with Crippen molar-refractivity contribution in [3.63, 3.8) is 0 Å². The minimum atomic E-state index is -0.843. The van der Waals surface area contributed by atoms with Gasteiger partial charge in [-0.15, -0.1) is 0 Å². The lowest BCUT2D eigenvalue weighted by molar-refractivity contribution is -0.137. The van der Waals surface area contributed by atoms with Crippen molar-refractivity contribution in [3.8, 4) is 0 Å². The molecule has 1 aromatic rings. The first-order valence-corrected chi connectivity index (χ1v) is 8.04. The first kappa shape index (κ1) is 16.2. The third-order valence-electron chi connectivity index (χ3n) is 3.74. The zero-order valence-electron chi connectivity index (χ0n) is 11.5. The quantitative estimate of drug-likeness (QED) is 0.783. The summed E-state index contributed by atoms with van der Waals surface area (Å²) in [7, 11) is 0. The van der Waals surface area contributed by atoms with Crippen molar-refractivity contribution < 1.29 is 19.1 Å². The fourth-order valence-corrected chi connectivity index (χ4v) is 3.38. The highest BCUT2D eigenvalue weighted by atomic mass is 127. The van der Waals surface area contributed by atoms with Crippen LogP contribution in [0.1, 0.15) is 42.5 Å². The summed E-state index contributed by atoms with van der Waals surface area (Å²) in [4.78, 5) is 25.1. The van der Waals surface area contributed by atoms with Gasteiger partial charge in [0.25, 0.3) is 5.91 Å². The van der Waals surface area contributed by atoms with E-state index >= 15 is 0 Å². The Morgan fingerprint density at radius 2 is 2.14 bits per heavy atom. The Labute approximate surface area is 136 Å². The molecule has 21 heavy (non-hydrogen) atoms. The van der Waals surface area contributed by atoms with Crippen LogP contribution in [-0.4, -0.2) is 34.5 Å². The third-order valence-corrected chi connectivity index (χ3v) is 4.63. The Kier molecular flexibility index (Phi) is 5.55. The maximum Gasteiger partial charge on any atom is 0.303 e. The monoisotopic (exact) mass is 405 g/mol. The highest BCUT2D eigenvalue weighted by Crippen LogP contribution is 2.25. The molecule has 2 rings (SSSR count). The zero-order chi connectivity index (χ0) is 15.4. The average molecular weight is 405 g/mol. The summed E-state index contributed by atoms with van der Waals surface area (Å²) in [6.45, 7) is 0.635. The second-order valence-electron chi connectivity index (χ2n) is 5.20. The second kappa shape index (κ2) is 7.20. The molecule has 1 unspecified atom stereocenters. The van der Waals surface area contributed by atoms with E-state index in [2.05, 4.69) is 0 Å². The van der Waals surface area contributed by atoms with E-state index in [1.807, 2.05) is 22.6 Å². The summed E-state index contributed by atoms with van der Waals surface area (Å²) in [5, 5.41) is 8.81. The number of carbonyl (C=O) groups excluding carboxylic acids is 1.